The second-order valence-corrected chi connectivity index (χ2v) is 25.3. The molecule has 9 rings (SSSR count). The second-order valence-electron chi connectivity index (χ2n) is 24.4. The molecule has 3 heterocycles. The normalized spacial score (nSPS) is 20.7. The van der Waals surface area contributed by atoms with Crippen LogP contribution in [0.15, 0.2) is 79.3 Å². The fourth-order valence-corrected chi connectivity index (χ4v) is 11.2. The van der Waals surface area contributed by atoms with Crippen LogP contribution in [0.3, 0.4) is 0 Å². The van der Waals surface area contributed by atoms with E-state index in [1.54, 1.807) is 30.7 Å². The van der Waals surface area contributed by atoms with E-state index in [-0.39, 0.29) is 50.6 Å². The zero-order valence-corrected chi connectivity index (χ0v) is 51.2. The summed E-state index contributed by atoms with van der Waals surface area (Å²) >= 11 is 12.1. The maximum Gasteiger partial charge on any atom is 0.224 e. The number of aryl methyl sites for hydroxylation is 2. The van der Waals surface area contributed by atoms with Crippen LogP contribution >= 0.6 is 23.2 Å². The number of benzene rings is 3. The minimum absolute atomic E-state index is 0. The summed E-state index contributed by atoms with van der Waals surface area (Å²) in [7, 11) is 0. The number of nitrogens with one attached hydrogen (secondary N) is 6. The fraction of sp³-hybridized carbons (Fsp3) is 0.484. The zero-order chi connectivity index (χ0) is 60.8. The van der Waals surface area contributed by atoms with Crippen molar-refractivity contribution in [2.75, 3.05) is 51.5 Å². The Labute approximate surface area is 509 Å². The molecule has 0 unspecified atom stereocenters. The summed E-state index contributed by atoms with van der Waals surface area (Å²) in [6.45, 7) is 21.0. The maximum absolute atomic E-state index is 12.9. The molecule has 3 aliphatic rings. The molecule has 0 spiro atoms. The van der Waals surface area contributed by atoms with E-state index in [1.807, 2.05) is 44.2 Å². The van der Waals surface area contributed by atoms with E-state index in [0.29, 0.717) is 83.6 Å². The third-order valence-corrected chi connectivity index (χ3v) is 17.6. The van der Waals surface area contributed by atoms with Crippen molar-refractivity contribution in [3.05, 3.63) is 140 Å². The number of aliphatic hydroxyl groups is 2. The van der Waals surface area contributed by atoms with Crippen LogP contribution in [0.25, 0.3) is 0 Å². The zero-order valence-electron chi connectivity index (χ0n) is 49.7. The SMILES string of the molecule is C[C@H]1C[C@@H](Nc2nc(NCCc3ccc(F)cc3)ncc2C#N)C1(C)C.Cc1cc(CCNc2ncc(C#N)c(N[C@@H]3CC[C@H](O)C(C)(C)C3)n2)ccc1Cl.Cc1cc(Cl)ccc1CCNc1ncc(C#N)c(N[C@@H]2CC[C@H](O)C(C)(C)C2)n1.[HH].[HH].[HH]. The first kappa shape index (κ1) is 64.2. The highest BCUT2D eigenvalue weighted by Gasteiger charge is 2.45. The van der Waals surface area contributed by atoms with Crippen molar-refractivity contribution < 1.29 is 18.9 Å². The van der Waals surface area contributed by atoms with E-state index in [9.17, 15) is 30.4 Å². The van der Waals surface area contributed by atoms with Gasteiger partial charge in [0.25, 0.3) is 0 Å². The molecule has 8 N–H and O–H groups in total. The number of aliphatic hydroxyl groups excluding tert-OH is 2. The van der Waals surface area contributed by atoms with Crippen molar-refractivity contribution in [1.29, 1.82) is 15.8 Å². The molecule has 3 aromatic heterocycles. The van der Waals surface area contributed by atoms with Crippen LogP contribution in [-0.2, 0) is 19.3 Å². The van der Waals surface area contributed by atoms with Crippen LogP contribution in [-0.4, -0.2) is 90.1 Å². The highest BCUT2D eigenvalue weighted by Crippen LogP contribution is 2.47. The Bertz CT molecular complexity index is 3340. The van der Waals surface area contributed by atoms with Gasteiger partial charge in [0, 0.05) is 52.1 Å². The number of halogens is 3. The van der Waals surface area contributed by atoms with Gasteiger partial charge in [-0.05, 0) is 158 Å². The Hall–Kier alpha value is -7.40. The van der Waals surface area contributed by atoms with E-state index in [2.05, 4.69) is 135 Å². The van der Waals surface area contributed by atoms with E-state index in [1.165, 1.54) is 23.3 Å². The molecule has 3 saturated carbocycles. The number of rotatable bonds is 18. The predicted octanol–water partition coefficient (Wildman–Crippen LogP) is 13.4. The molecule has 0 aliphatic heterocycles. The summed E-state index contributed by atoms with van der Waals surface area (Å²) in [6, 6.07) is 25.4. The molecular weight excluding hydrogens is 1100 g/mol. The van der Waals surface area contributed by atoms with Gasteiger partial charge in [0.1, 0.15) is 58.2 Å². The number of aromatic nitrogens is 6. The molecular formula is C64H86Cl2FN15O2. The first-order valence-corrected chi connectivity index (χ1v) is 29.7. The van der Waals surface area contributed by atoms with Crippen molar-refractivity contribution >= 4 is 58.5 Å². The maximum atomic E-state index is 12.9. The minimum atomic E-state index is -0.296. The van der Waals surface area contributed by atoms with Gasteiger partial charge in [-0.3, -0.25) is 0 Å². The van der Waals surface area contributed by atoms with Crippen molar-refractivity contribution in [3.8, 4) is 18.2 Å². The van der Waals surface area contributed by atoms with Crippen molar-refractivity contribution in [2.24, 2.45) is 22.2 Å². The average Bonchev–Trinajstić information content (AvgIpc) is 1.84. The molecule has 6 aromatic rings. The molecule has 3 aliphatic carbocycles. The lowest BCUT2D eigenvalue weighted by atomic mass is 9.59. The minimum Gasteiger partial charge on any atom is -0.393 e. The first-order valence-electron chi connectivity index (χ1n) is 28.9. The molecule has 0 saturated heterocycles. The average molecular weight is 1190 g/mol. The molecule has 84 heavy (non-hydrogen) atoms. The predicted molar refractivity (Wildman–Crippen MR) is 339 cm³/mol. The summed E-state index contributed by atoms with van der Waals surface area (Å²) < 4.78 is 12.9. The molecule has 0 radical (unpaired) electrons. The Morgan fingerprint density at radius 2 is 1.05 bits per heavy atom. The monoisotopic (exact) mass is 1190 g/mol. The molecule has 450 valence electrons. The van der Waals surface area contributed by atoms with E-state index in [0.717, 1.165) is 90.9 Å². The van der Waals surface area contributed by atoms with Crippen LogP contribution in [0, 0.1) is 75.8 Å². The number of anilines is 6. The van der Waals surface area contributed by atoms with Gasteiger partial charge >= 0.3 is 0 Å². The molecule has 6 atom stereocenters. The number of hydrogen-bond donors (Lipinski definition) is 8. The van der Waals surface area contributed by atoms with Crippen LogP contribution in [0.4, 0.5) is 39.7 Å². The van der Waals surface area contributed by atoms with Crippen molar-refractivity contribution in [2.45, 2.75) is 157 Å². The number of hydrogen-bond acceptors (Lipinski definition) is 17. The topological polar surface area (TPSA) is 261 Å². The lowest BCUT2D eigenvalue weighted by molar-refractivity contribution is 0.00924. The van der Waals surface area contributed by atoms with Gasteiger partial charge in [0.05, 0.1) is 30.8 Å². The van der Waals surface area contributed by atoms with Crippen LogP contribution in [0.1, 0.15) is 142 Å². The Kier molecular flexibility index (Phi) is 22.1. The summed E-state index contributed by atoms with van der Waals surface area (Å²) in [5, 5.41) is 69.9. The second kappa shape index (κ2) is 28.9. The lowest BCUT2D eigenvalue weighted by Gasteiger charge is -2.51. The first-order chi connectivity index (χ1) is 40.0. The van der Waals surface area contributed by atoms with Crippen LogP contribution in [0.5, 0.6) is 0 Å². The van der Waals surface area contributed by atoms with Gasteiger partial charge in [-0.25, -0.2) is 19.3 Å². The summed E-state index contributed by atoms with van der Waals surface area (Å²) in [5.74, 6) is 3.55. The summed E-state index contributed by atoms with van der Waals surface area (Å²) in [4.78, 5) is 26.3. The smallest absolute Gasteiger partial charge is 0.224 e. The van der Waals surface area contributed by atoms with E-state index < -0.39 is 0 Å². The number of nitrogens with zero attached hydrogens (tertiary/aromatic N) is 9. The van der Waals surface area contributed by atoms with Gasteiger partial charge in [0.15, 0.2) is 0 Å². The third-order valence-electron chi connectivity index (χ3n) is 16.9. The molecule has 0 bridgehead atoms. The highest BCUT2D eigenvalue weighted by atomic mass is 35.5. The van der Waals surface area contributed by atoms with Gasteiger partial charge in [-0.1, -0.05) is 102 Å². The third kappa shape index (κ3) is 17.6. The fourth-order valence-electron chi connectivity index (χ4n) is 10.8. The van der Waals surface area contributed by atoms with Crippen molar-refractivity contribution in [1.82, 2.24) is 29.9 Å². The van der Waals surface area contributed by atoms with Gasteiger partial charge in [-0.15, -0.1) is 0 Å². The number of nitriles is 3. The van der Waals surface area contributed by atoms with Crippen LogP contribution in [0.2, 0.25) is 10.0 Å². The summed E-state index contributed by atoms with van der Waals surface area (Å²) in [6.07, 6.45) is 12.3. The molecule has 3 fully saturated rings. The van der Waals surface area contributed by atoms with Gasteiger partial charge in [0.2, 0.25) is 17.8 Å². The standard InChI is InChI=1S/2C22H28ClN5O.C20H24FN5.3H2/c1-14-10-15(4-6-18(14)23)8-9-25-21-26-13-16(12-24)20(28-21)27-17-5-7-19(29)22(2,3)11-17;1-14-10-17(23)5-4-15(14)8-9-25-21-26-13-16(12-24)20(28-21)27-18-6-7-19(29)22(2,3)11-18;1-13-10-17(20(13,2)3)25-18-15(11-22)12-24-19(26-18)23-9-8-14-4-6-16(21)7-5-14;;;/h4,6,10,13,17,19,29H,5,7-9,11H2,1-3H3,(H2,25,26,27,28);4-5,10,13,18-19,29H,6-9,11H2,1-3H3,(H2,25,26,27,28);4-7,12-13,17H,8-10H2,1-3H3,(H2,23,24,25,26);3*1H/t17-,19+;18-,19+;13-,17+;;;/m110.../s1. The summed E-state index contributed by atoms with van der Waals surface area (Å²) in [5.41, 5.74) is 6.82. The molecule has 0 amide bonds. The van der Waals surface area contributed by atoms with E-state index in [4.69, 9.17) is 23.2 Å². The van der Waals surface area contributed by atoms with Gasteiger partial charge < -0.3 is 42.1 Å². The van der Waals surface area contributed by atoms with Crippen molar-refractivity contribution in [3.63, 3.8) is 0 Å². The largest absolute Gasteiger partial charge is 0.393 e. The Morgan fingerprint density at radius 3 is 1.48 bits per heavy atom. The lowest BCUT2D eigenvalue weighted by Crippen LogP contribution is -2.52. The van der Waals surface area contributed by atoms with E-state index >= 15 is 0 Å². The molecule has 17 nitrogen and oxygen atoms in total. The highest BCUT2D eigenvalue weighted by molar-refractivity contribution is 6.31. The Morgan fingerprint density at radius 1 is 0.595 bits per heavy atom. The van der Waals surface area contributed by atoms with Crippen LogP contribution < -0.4 is 31.9 Å². The van der Waals surface area contributed by atoms with Gasteiger partial charge in [-0.2, -0.15) is 30.7 Å². The Balaban J connectivity index is 0.000000275. The molecule has 20 heteroatoms. The molecule has 3 aromatic carbocycles. The quantitative estimate of drug-likeness (QED) is 0.0398.